The molecule has 1 aromatic carbocycles. The monoisotopic (exact) mass is 347 g/mol. The lowest BCUT2D eigenvalue weighted by Gasteiger charge is -2.18. The molecule has 1 aliphatic rings. The maximum Gasteiger partial charge on any atom is 0.270 e. The smallest absolute Gasteiger partial charge is 0.270 e. The van der Waals surface area contributed by atoms with Crippen molar-refractivity contribution in [1.29, 1.82) is 0 Å². The molecule has 0 bridgehead atoms. The van der Waals surface area contributed by atoms with Gasteiger partial charge in [-0.25, -0.2) is 0 Å². The van der Waals surface area contributed by atoms with Gasteiger partial charge in [0.1, 0.15) is 5.69 Å². The van der Waals surface area contributed by atoms with E-state index in [0.717, 1.165) is 35.4 Å². The first-order valence-electron chi connectivity index (χ1n) is 7.06. The van der Waals surface area contributed by atoms with Crippen molar-refractivity contribution in [3.63, 3.8) is 0 Å². The minimum atomic E-state index is 0.0977. The quantitative estimate of drug-likeness (QED) is 0.926. The van der Waals surface area contributed by atoms with E-state index in [9.17, 15) is 4.79 Å². The second-order valence-electron chi connectivity index (χ2n) is 5.40. The topological polar surface area (TPSA) is 37.3 Å². The normalized spacial score (nSPS) is 18.0. The Labute approximate surface area is 132 Å². The first-order valence-corrected chi connectivity index (χ1v) is 7.85. The molecular weight excluding hydrogens is 330 g/mol. The largest absolute Gasteiger partial charge is 0.380 e. The number of aryl methyl sites for hydroxylation is 1. The van der Waals surface area contributed by atoms with E-state index in [0.29, 0.717) is 6.04 Å². The van der Waals surface area contributed by atoms with Crippen LogP contribution in [0.5, 0.6) is 0 Å². The van der Waals surface area contributed by atoms with Crippen molar-refractivity contribution in [3.05, 3.63) is 52.8 Å². The fraction of sp³-hybridized carbons (Fsp3) is 0.312. The molecule has 2 heterocycles. The van der Waals surface area contributed by atoms with Gasteiger partial charge in [-0.15, -0.1) is 0 Å². The molecule has 4 nitrogen and oxygen atoms in total. The lowest BCUT2D eigenvalue weighted by Crippen LogP contribution is -2.32. The first kappa shape index (κ1) is 14.2. The fourth-order valence-electron chi connectivity index (χ4n) is 2.73. The van der Waals surface area contributed by atoms with Crippen LogP contribution in [-0.4, -0.2) is 34.5 Å². The van der Waals surface area contributed by atoms with Gasteiger partial charge in [0.05, 0.1) is 0 Å². The van der Waals surface area contributed by atoms with Gasteiger partial charge in [0, 0.05) is 42.5 Å². The van der Waals surface area contributed by atoms with Crippen molar-refractivity contribution in [2.24, 2.45) is 7.05 Å². The van der Waals surface area contributed by atoms with Crippen molar-refractivity contribution in [3.8, 4) is 0 Å². The van der Waals surface area contributed by atoms with Crippen molar-refractivity contribution in [2.75, 3.05) is 18.4 Å². The molecule has 0 spiro atoms. The second-order valence-corrected chi connectivity index (χ2v) is 6.32. The summed E-state index contributed by atoms with van der Waals surface area (Å²) >= 11 is 3.41. The van der Waals surface area contributed by atoms with Crippen molar-refractivity contribution in [2.45, 2.75) is 12.5 Å². The maximum atomic E-state index is 12.5. The van der Waals surface area contributed by atoms with Crippen LogP contribution in [0.4, 0.5) is 5.69 Å². The third kappa shape index (κ3) is 3.13. The molecule has 0 unspecified atom stereocenters. The van der Waals surface area contributed by atoms with E-state index in [-0.39, 0.29) is 5.91 Å². The molecule has 1 aliphatic heterocycles. The van der Waals surface area contributed by atoms with E-state index in [1.54, 1.807) is 0 Å². The van der Waals surface area contributed by atoms with E-state index in [1.807, 2.05) is 47.0 Å². The number of amides is 1. The van der Waals surface area contributed by atoms with Gasteiger partial charge < -0.3 is 14.8 Å². The van der Waals surface area contributed by atoms with Crippen LogP contribution >= 0.6 is 15.9 Å². The van der Waals surface area contributed by atoms with Gasteiger partial charge in [0.25, 0.3) is 5.91 Å². The van der Waals surface area contributed by atoms with Crippen LogP contribution in [-0.2, 0) is 7.05 Å². The molecule has 3 rings (SSSR count). The van der Waals surface area contributed by atoms with Gasteiger partial charge in [-0.1, -0.05) is 18.2 Å². The molecule has 0 radical (unpaired) electrons. The Bertz CT molecular complexity index is 638. The summed E-state index contributed by atoms with van der Waals surface area (Å²) in [5.74, 6) is 0.0977. The summed E-state index contributed by atoms with van der Waals surface area (Å²) in [5, 5.41) is 3.49. The predicted octanol–water partition coefficient (Wildman–Crippen LogP) is 3.11. The van der Waals surface area contributed by atoms with Crippen LogP contribution in [0.2, 0.25) is 0 Å². The molecule has 1 amide bonds. The Kier molecular flexibility index (Phi) is 4.01. The summed E-state index contributed by atoms with van der Waals surface area (Å²) in [6.07, 6.45) is 2.88. The van der Waals surface area contributed by atoms with E-state index in [2.05, 4.69) is 33.4 Å². The molecule has 2 aromatic rings. The highest BCUT2D eigenvalue weighted by Crippen LogP contribution is 2.20. The van der Waals surface area contributed by atoms with Crippen LogP contribution in [0.1, 0.15) is 16.9 Å². The third-order valence-corrected chi connectivity index (χ3v) is 4.24. The Balaban J connectivity index is 1.64. The van der Waals surface area contributed by atoms with Crippen LogP contribution in [0, 0.1) is 0 Å². The fourth-order valence-corrected chi connectivity index (χ4v) is 3.26. The van der Waals surface area contributed by atoms with Gasteiger partial charge in [-0.05, 0) is 40.5 Å². The molecule has 5 heteroatoms. The zero-order valence-electron chi connectivity index (χ0n) is 11.9. The molecular formula is C16H18BrN3O. The van der Waals surface area contributed by atoms with Crippen molar-refractivity contribution < 1.29 is 4.79 Å². The zero-order chi connectivity index (χ0) is 14.8. The molecule has 1 fully saturated rings. The van der Waals surface area contributed by atoms with Gasteiger partial charge in [0.2, 0.25) is 0 Å². The van der Waals surface area contributed by atoms with Crippen LogP contribution in [0.25, 0.3) is 0 Å². The maximum absolute atomic E-state index is 12.5. The lowest BCUT2D eigenvalue weighted by atomic mass is 10.2. The molecule has 110 valence electrons. The highest BCUT2D eigenvalue weighted by molar-refractivity contribution is 9.10. The summed E-state index contributed by atoms with van der Waals surface area (Å²) in [6.45, 7) is 1.54. The van der Waals surface area contributed by atoms with Crippen LogP contribution < -0.4 is 5.32 Å². The second kappa shape index (κ2) is 5.93. The molecule has 1 atom stereocenters. The number of aromatic nitrogens is 1. The Morgan fingerprint density at radius 2 is 2.10 bits per heavy atom. The number of para-hydroxylation sites is 1. The van der Waals surface area contributed by atoms with Crippen molar-refractivity contribution >= 4 is 27.5 Å². The molecule has 0 aliphatic carbocycles. The van der Waals surface area contributed by atoms with Crippen LogP contribution in [0.3, 0.4) is 0 Å². The van der Waals surface area contributed by atoms with Crippen LogP contribution in [0.15, 0.2) is 47.1 Å². The molecule has 21 heavy (non-hydrogen) atoms. The zero-order valence-corrected chi connectivity index (χ0v) is 13.5. The number of carbonyl (C=O) groups is 1. The first-order chi connectivity index (χ1) is 10.1. The minimum absolute atomic E-state index is 0.0977. The van der Waals surface area contributed by atoms with Gasteiger partial charge >= 0.3 is 0 Å². The summed E-state index contributed by atoms with van der Waals surface area (Å²) < 4.78 is 2.80. The van der Waals surface area contributed by atoms with E-state index in [1.165, 1.54) is 0 Å². The Morgan fingerprint density at radius 1 is 1.33 bits per heavy atom. The summed E-state index contributed by atoms with van der Waals surface area (Å²) in [4.78, 5) is 14.5. The van der Waals surface area contributed by atoms with E-state index in [4.69, 9.17) is 0 Å². The molecule has 1 saturated heterocycles. The highest BCUT2D eigenvalue weighted by atomic mass is 79.9. The Morgan fingerprint density at radius 3 is 2.76 bits per heavy atom. The standard InChI is InChI=1S/C16H18BrN3O/c1-19-10-12(17)9-15(19)16(21)20-8-7-14(11-20)18-13-5-3-2-4-6-13/h2-6,9-10,14,18H,7-8,11H2,1H3/t14-/m0/s1. The van der Waals surface area contributed by atoms with Gasteiger partial charge in [-0.3, -0.25) is 4.79 Å². The summed E-state index contributed by atoms with van der Waals surface area (Å²) in [7, 11) is 1.90. The predicted molar refractivity (Wildman–Crippen MR) is 87.5 cm³/mol. The lowest BCUT2D eigenvalue weighted by molar-refractivity contribution is 0.0782. The number of anilines is 1. The molecule has 0 saturated carbocycles. The van der Waals surface area contributed by atoms with Gasteiger partial charge in [0.15, 0.2) is 0 Å². The SMILES string of the molecule is Cn1cc(Br)cc1C(=O)N1CC[C@H](Nc2ccccc2)C1. The number of rotatable bonds is 3. The number of likely N-dealkylation sites (tertiary alicyclic amines) is 1. The molecule has 1 N–H and O–H groups in total. The van der Waals surface area contributed by atoms with E-state index >= 15 is 0 Å². The number of carbonyl (C=O) groups excluding carboxylic acids is 1. The number of nitrogens with one attached hydrogen (secondary N) is 1. The number of hydrogen-bond donors (Lipinski definition) is 1. The summed E-state index contributed by atoms with van der Waals surface area (Å²) in [6, 6.07) is 12.3. The minimum Gasteiger partial charge on any atom is -0.380 e. The average molecular weight is 348 g/mol. The van der Waals surface area contributed by atoms with Gasteiger partial charge in [-0.2, -0.15) is 0 Å². The molecule has 1 aromatic heterocycles. The number of nitrogens with zero attached hydrogens (tertiary/aromatic N) is 2. The summed E-state index contributed by atoms with van der Waals surface area (Å²) in [5.41, 5.74) is 1.83. The third-order valence-electron chi connectivity index (χ3n) is 3.81. The van der Waals surface area contributed by atoms with E-state index < -0.39 is 0 Å². The number of halogens is 1. The number of benzene rings is 1. The average Bonchev–Trinajstić information content (AvgIpc) is 3.06. The number of hydrogen-bond acceptors (Lipinski definition) is 2. The Hall–Kier alpha value is -1.75. The van der Waals surface area contributed by atoms with Crippen molar-refractivity contribution in [1.82, 2.24) is 9.47 Å². The highest BCUT2D eigenvalue weighted by Gasteiger charge is 2.28.